The standard InChI is InChI=1S/C17H17F2NO3/c1-10(15(21)7-11-5-3-2-4-6-11)20-17(23)12-8-13(18)16(22)14(19)9-12/h2-6,8-10,15,21-22H,7H2,1H3,(H,20,23)/t10-,15-/m1/s1. The van der Waals surface area contributed by atoms with Gasteiger partial charge >= 0.3 is 0 Å². The van der Waals surface area contributed by atoms with Gasteiger partial charge in [-0.25, -0.2) is 8.78 Å². The summed E-state index contributed by atoms with van der Waals surface area (Å²) in [5.41, 5.74) is 0.638. The van der Waals surface area contributed by atoms with E-state index in [0.717, 1.165) is 17.7 Å². The van der Waals surface area contributed by atoms with Gasteiger partial charge in [0.15, 0.2) is 17.4 Å². The molecule has 0 aliphatic rings. The van der Waals surface area contributed by atoms with Gasteiger partial charge in [0.2, 0.25) is 0 Å². The lowest BCUT2D eigenvalue weighted by molar-refractivity contribution is 0.0851. The van der Waals surface area contributed by atoms with Crippen LogP contribution in [0.15, 0.2) is 42.5 Å². The average Bonchev–Trinajstić information content (AvgIpc) is 2.52. The number of nitrogens with one attached hydrogen (secondary N) is 1. The number of aromatic hydroxyl groups is 1. The van der Waals surface area contributed by atoms with Crippen LogP contribution >= 0.6 is 0 Å². The smallest absolute Gasteiger partial charge is 0.251 e. The summed E-state index contributed by atoms with van der Waals surface area (Å²) in [6.07, 6.45) is -0.520. The van der Waals surface area contributed by atoms with Crippen molar-refractivity contribution in [2.24, 2.45) is 0 Å². The van der Waals surface area contributed by atoms with E-state index >= 15 is 0 Å². The molecule has 1 amide bonds. The van der Waals surface area contributed by atoms with Gasteiger partial charge in [0.1, 0.15) is 0 Å². The van der Waals surface area contributed by atoms with E-state index in [1.54, 1.807) is 6.92 Å². The van der Waals surface area contributed by atoms with Crippen LogP contribution in [0.25, 0.3) is 0 Å². The normalized spacial score (nSPS) is 13.4. The second kappa shape index (κ2) is 7.19. The number of halogens is 2. The molecule has 122 valence electrons. The highest BCUT2D eigenvalue weighted by atomic mass is 19.1. The average molecular weight is 321 g/mol. The molecule has 0 saturated carbocycles. The van der Waals surface area contributed by atoms with Gasteiger partial charge < -0.3 is 15.5 Å². The Morgan fingerprint density at radius 2 is 1.74 bits per heavy atom. The Balaban J connectivity index is 2.02. The molecule has 2 aromatic carbocycles. The number of carbonyl (C=O) groups is 1. The summed E-state index contributed by atoms with van der Waals surface area (Å²) in [7, 11) is 0. The summed E-state index contributed by atoms with van der Waals surface area (Å²) >= 11 is 0. The van der Waals surface area contributed by atoms with E-state index in [1.165, 1.54) is 0 Å². The van der Waals surface area contributed by atoms with E-state index < -0.39 is 35.4 Å². The minimum Gasteiger partial charge on any atom is -0.503 e. The first-order valence-corrected chi connectivity index (χ1v) is 7.09. The molecule has 0 fully saturated rings. The van der Waals surface area contributed by atoms with Crippen molar-refractivity contribution in [2.75, 3.05) is 0 Å². The first-order chi connectivity index (χ1) is 10.9. The Labute approximate surface area is 132 Å². The van der Waals surface area contributed by atoms with Crippen molar-refractivity contribution in [1.29, 1.82) is 0 Å². The molecule has 0 aliphatic heterocycles. The van der Waals surface area contributed by atoms with Crippen LogP contribution in [0.5, 0.6) is 5.75 Å². The number of aliphatic hydroxyl groups is 1. The molecule has 2 atom stereocenters. The number of phenols is 1. The lowest BCUT2D eigenvalue weighted by Crippen LogP contribution is -2.42. The summed E-state index contributed by atoms with van der Waals surface area (Å²) in [4.78, 5) is 12.0. The summed E-state index contributed by atoms with van der Waals surface area (Å²) in [6, 6.07) is 10.1. The highest BCUT2D eigenvalue weighted by Gasteiger charge is 2.20. The SMILES string of the molecule is C[C@@H](NC(=O)c1cc(F)c(O)c(F)c1)[C@H](O)Cc1ccccc1. The molecule has 0 spiro atoms. The molecular weight excluding hydrogens is 304 g/mol. The summed E-state index contributed by atoms with van der Waals surface area (Å²) in [5.74, 6) is -4.29. The first kappa shape index (κ1) is 16.9. The minimum atomic E-state index is -1.22. The molecule has 6 heteroatoms. The molecule has 0 radical (unpaired) electrons. The van der Waals surface area contributed by atoms with Gasteiger partial charge in [0.05, 0.1) is 12.1 Å². The van der Waals surface area contributed by atoms with E-state index in [-0.39, 0.29) is 5.56 Å². The van der Waals surface area contributed by atoms with Gasteiger partial charge in [-0.3, -0.25) is 4.79 Å². The fourth-order valence-corrected chi connectivity index (χ4v) is 2.12. The van der Waals surface area contributed by atoms with Crippen molar-refractivity contribution in [1.82, 2.24) is 5.32 Å². The van der Waals surface area contributed by atoms with E-state index in [9.17, 15) is 18.7 Å². The fourth-order valence-electron chi connectivity index (χ4n) is 2.12. The molecule has 2 aromatic rings. The first-order valence-electron chi connectivity index (χ1n) is 7.09. The van der Waals surface area contributed by atoms with E-state index in [4.69, 9.17) is 5.11 Å². The van der Waals surface area contributed by atoms with E-state index in [0.29, 0.717) is 6.42 Å². The second-order valence-corrected chi connectivity index (χ2v) is 5.31. The number of benzene rings is 2. The van der Waals surface area contributed by atoms with Gasteiger partial charge in [-0.2, -0.15) is 0 Å². The molecule has 23 heavy (non-hydrogen) atoms. The number of hydrogen-bond donors (Lipinski definition) is 3. The Kier molecular flexibility index (Phi) is 5.28. The predicted molar refractivity (Wildman–Crippen MR) is 81.1 cm³/mol. The quantitative estimate of drug-likeness (QED) is 0.792. The third-order valence-corrected chi connectivity index (χ3v) is 3.50. The maximum atomic E-state index is 13.3. The summed E-state index contributed by atoms with van der Waals surface area (Å²) < 4.78 is 26.5. The summed E-state index contributed by atoms with van der Waals surface area (Å²) in [5, 5.41) is 21.6. The lowest BCUT2D eigenvalue weighted by Gasteiger charge is -2.20. The van der Waals surface area contributed by atoms with Gasteiger partial charge in [0.25, 0.3) is 5.91 Å². The zero-order valence-electron chi connectivity index (χ0n) is 12.5. The third-order valence-electron chi connectivity index (χ3n) is 3.50. The van der Waals surface area contributed by atoms with Gasteiger partial charge in [0, 0.05) is 12.0 Å². The van der Waals surface area contributed by atoms with Crippen molar-refractivity contribution in [2.45, 2.75) is 25.5 Å². The highest BCUT2D eigenvalue weighted by Crippen LogP contribution is 2.21. The number of hydrogen-bond acceptors (Lipinski definition) is 3. The van der Waals surface area contributed by atoms with Crippen LogP contribution < -0.4 is 5.32 Å². The Morgan fingerprint density at radius 3 is 2.30 bits per heavy atom. The molecule has 0 heterocycles. The number of rotatable bonds is 5. The van der Waals surface area contributed by atoms with Gasteiger partial charge in [-0.05, 0) is 24.6 Å². The highest BCUT2D eigenvalue weighted by molar-refractivity contribution is 5.94. The molecule has 0 bridgehead atoms. The van der Waals surface area contributed by atoms with E-state index in [1.807, 2.05) is 30.3 Å². The number of aliphatic hydroxyl groups excluding tert-OH is 1. The largest absolute Gasteiger partial charge is 0.503 e. The molecule has 0 saturated heterocycles. The van der Waals surface area contributed by atoms with Crippen molar-refractivity contribution >= 4 is 5.91 Å². The minimum absolute atomic E-state index is 0.267. The van der Waals surface area contributed by atoms with Crippen LogP contribution in [0.2, 0.25) is 0 Å². The molecule has 3 N–H and O–H groups in total. The Bertz CT molecular complexity index is 668. The maximum Gasteiger partial charge on any atom is 0.251 e. The van der Waals surface area contributed by atoms with Crippen LogP contribution in [0.3, 0.4) is 0 Å². The monoisotopic (exact) mass is 321 g/mol. The van der Waals surface area contributed by atoms with Crippen molar-refractivity contribution in [3.05, 3.63) is 65.2 Å². The van der Waals surface area contributed by atoms with Crippen LogP contribution in [-0.4, -0.2) is 28.3 Å². The van der Waals surface area contributed by atoms with Crippen LogP contribution in [0.4, 0.5) is 8.78 Å². The Morgan fingerprint density at radius 1 is 1.17 bits per heavy atom. The van der Waals surface area contributed by atoms with Gasteiger partial charge in [-0.15, -0.1) is 0 Å². The van der Waals surface area contributed by atoms with Crippen LogP contribution in [0, 0.1) is 11.6 Å². The second-order valence-electron chi connectivity index (χ2n) is 5.31. The summed E-state index contributed by atoms with van der Waals surface area (Å²) in [6.45, 7) is 1.60. The lowest BCUT2D eigenvalue weighted by atomic mass is 10.0. The topological polar surface area (TPSA) is 69.6 Å². The van der Waals surface area contributed by atoms with E-state index in [2.05, 4.69) is 5.32 Å². The van der Waals surface area contributed by atoms with Crippen LogP contribution in [-0.2, 0) is 6.42 Å². The van der Waals surface area contributed by atoms with Crippen molar-refractivity contribution < 1.29 is 23.8 Å². The fraction of sp³-hybridized carbons (Fsp3) is 0.235. The molecular formula is C17H17F2NO3. The van der Waals surface area contributed by atoms with Crippen molar-refractivity contribution in [3.8, 4) is 5.75 Å². The molecule has 0 unspecified atom stereocenters. The molecule has 0 aliphatic carbocycles. The molecule has 4 nitrogen and oxygen atoms in total. The molecule has 0 aromatic heterocycles. The zero-order chi connectivity index (χ0) is 17.0. The van der Waals surface area contributed by atoms with Crippen molar-refractivity contribution in [3.63, 3.8) is 0 Å². The number of amides is 1. The van der Waals surface area contributed by atoms with Crippen LogP contribution in [0.1, 0.15) is 22.8 Å². The zero-order valence-corrected chi connectivity index (χ0v) is 12.5. The van der Waals surface area contributed by atoms with Gasteiger partial charge in [-0.1, -0.05) is 30.3 Å². The predicted octanol–water partition coefficient (Wildman–Crippen LogP) is 2.39. The maximum absolute atomic E-state index is 13.3. The molecule has 2 rings (SSSR count). The third kappa shape index (κ3) is 4.26. The number of phenolic OH excluding ortho intramolecular Hbond substituents is 1. The number of carbonyl (C=O) groups excluding carboxylic acids is 1. The Hall–Kier alpha value is -2.47.